The highest BCUT2D eigenvalue weighted by Crippen LogP contribution is 2.17. The van der Waals surface area contributed by atoms with Crippen LogP contribution in [0.15, 0.2) is 0 Å². The van der Waals surface area contributed by atoms with Crippen molar-refractivity contribution in [3.8, 4) is 0 Å². The Labute approximate surface area is 104 Å². The fourth-order valence-electron chi connectivity index (χ4n) is 2.21. The molecule has 4 nitrogen and oxygen atoms in total. The average molecular weight is 242 g/mol. The Morgan fingerprint density at radius 1 is 1.41 bits per heavy atom. The van der Waals surface area contributed by atoms with Crippen molar-refractivity contribution in [3.63, 3.8) is 0 Å². The molecule has 1 aliphatic rings. The molecule has 0 radical (unpaired) electrons. The van der Waals surface area contributed by atoms with Crippen LogP contribution in [0.2, 0.25) is 0 Å². The van der Waals surface area contributed by atoms with Crippen molar-refractivity contribution in [1.82, 2.24) is 10.2 Å². The van der Waals surface area contributed by atoms with E-state index >= 15 is 0 Å². The summed E-state index contributed by atoms with van der Waals surface area (Å²) in [4.78, 5) is 14.1. The van der Waals surface area contributed by atoms with Gasteiger partial charge in [-0.1, -0.05) is 6.92 Å². The van der Waals surface area contributed by atoms with Gasteiger partial charge in [0.05, 0.1) is 6.10 Å². The van der Waals surface area contributed by atoms with Crippen LogP contribution in [0.3, 0.4) is 0 Å². The molecule has 100 valence electrons. The molecule has 0 aromatic carbocycles. The number of carbonyl (C=O) groups excluding carboxylic acids is 1. The normalized spacial score (nSPS) is 20.5. The molecule has 0 aromatic rings. The number of nitrogens with one attached hydrogen (secondary N) is 1. The van der Waals surface area contributed by atoms with E-state index < -0.39 is 0 Å². The minimum atomic E-state index is -0.226. The third kappa shape index (κ3) is 5.04. The highest BCUT2D eigenvalue weighted by atomic mass is 16.3. The lowest BCUT2D eigenvalue weighted by Gasteiger charge is -2.32. The van der Waals surface area contributed by atoms with Gasteiger partial charge < -0.3 is 15.3 Å². The van der Waals surface area contributed by atoms with E-state index in [1.807, 2.05) is 20.8 Å². The van der Waals surface area contributed by atoms with Crippen LogP contribution in [0.25, 0.3) is 0 Å². The van der Waals surface area contributed by atoms with Crippen molar-refractivity contribution in [2.45, 2.75) is 52.2 Å². The van der Waals surface area contributed by atoms with E-state index in [0.29, 0.717) is 0 Å². The van der Waals surface area contributed by atoms with E-state index in [9.17, 15) is 9.90 Å². The van der Waals surface area contributed by atoms with Gasteiger partial charge in [0.25, 0.3) is 0 Å². The van der Waals surface area contributed by atoms with Gasteiger partial charge >= 0.3 is 0 Å². The Balaban J connectivity index is 2.28. The fourth-order valence-corrected chi connectivity index (χ4v) is 2.21. The molecular formula is C13H26N2O2. The number of aliphatic hydroxyl groups is 1. The van der Waals surface area contributed by atoms with Crippen LogP contribution < -0.4 is 5.32 Å². The SMILES string of the molecule is CCC(O)CN1CCC(C(=O)NC(C)C)CC1. The van der Waals surface area contributed by atoms with Crippen molar-refractivity contribution in [2.24, 2.45) is 5.92 Å². The lowest BCUT2D eigenvalue weighted by Crippen LogP contribution is -2.44. The van der Waals surface area contributed by atoms with E-state index in [1.165, 1.54) is 0 Å². The first kappa shape index (κ1) is 14.5. The predicted octanol–water partition coefficient (Wildman–Crippen LogP) is 0.994. The molecule has 0 saturated carbocycles. The van der Waals surface area contributed by atoms with Crippen LogP contribution in [0.5, 0.6) is 0 Å². The second-order valence-corrected chi connectivity index (χ2v) is 5.30. The molecular weight excluding hydrogens is 216 g/mol. The standard InChI is InChI=1S/C13H26N2O2/c1-4-12(16)9-15-7-5-11(6-8-15)13(17)14-10(2)3/h10-12,16H,4-9H2,1-3H3,(H,14,17). The second kappa shape index (κ2) is 6.97. The molecule has 1 heterocycles. The van der Waals surface area contributed by atoms with E-state index in [4.69, 9.17) is 0 Å². The van der Waals surface area contributed by atoms with Crippen molar-refractivity contribution < 1.29 is 9.90 Å². The minimum absolute atomic E-state index is 0.160. The molecule has 17 heavy (non-hydrogen) atoms. The van der Waals surface area contributed by atoms with E-state index in [1.54, 1.807) is 0 Å². The molecule has 0 aromatic heterocycles. The van der Waals surface area contributed by atoms with E-state index in [0.717, 1.165) is 38.9 Å². The number of hydrogen-bond acceptors (Lipinski definition) is 3. The molecule has 2 N–H and O–H groups in total. The monoisotopic (exact) mass is 242 g/mol. The molecule has 4 heteroatoms. The molecule has 0 spiro atoms. The number of carbonyl (C=O) groups is 1. The summed E-state index contributed by atoms with van der Waals surface area (Å²) in [5.74, 6) is 0.350. The molecule has 1 fully saturated rings. The summed E-state index contributed by atoms with van der Waals surface area (Å²) in [6.07, 6.45) is 2.40. The highest BCUT2D eigenvalue weighted by molar-refractivity contribution is 5.78. The van der Waals surface area contributed by atoms with Crippen LogP contribution in [0.1, 0.15) is 40.0 Å². The summed E-state index contributed by atoms with van der Waals surface area (Å²) in [6, 6.07) is 0.224. The van der Waals surface area contributed by atoms with Gasteiger partial charge in [-0.15, -0.1) is 0 Å². The van der Waals surface area contributed by atoms with E-state index in [2.05, 4.69) is 10.2 Å². The molecule has 0 bridgehead atoms. The van der Waals surface area contributed by atoms with Crippen molar-refractivity contribution in [2.75, 3.05) is 19.6 Å². The quantitative estimate of drug-likeness (QED) is 0.756. The highest BCUT2D eigenvalue weighted by Gasteiger charge is 2.25. The zero-order chi connectivity index (χ0) is 12.8. The van der Waals surface area contributed by atoms with Crippen LogP contribution in [-0.2, 0) is 4.79 Å². The Bertz CT molecular complexity index is 236. The smallest absolute Gasteiger partial charge is 0.223 e. The number of β-amino-alcohol motifs (C(OH)–C–C–N with tert-alkyl or cyclic N) is 1. The van der Waals surface area contributed by atoms with Gasteiger partial charge in [0.2, 0.25) is 5.91 Å². The summed E-state index contributed by atoms with van der Waals surface area (Å²) in [6.45, 7) is 8.57. The first-order valence-corrected chi connectivity index (χ1v) is 6.73. The van der Waals surface area contributed by atoms with Crippen LogP contribution in [-0.4, -0.2) is 47.7 Å². The molecule has 1 aliphatic heterocycles. The number of nitrogens with zero attached hydrogens (tertiary/aromatic N) is 1. The van der Waals surface area contributed by atoms with Gasteiger partial charge in [-0.05, 0) is 46.2 Å². The topological polar surface area (TPSA) is 52.6 Å². The largest absolute Gasteiger partial charge is 0.392 e. The van der Waals surface area contributed by atoms with Gasteiger partial charge in [0.15, 0.2) is 0 Å². The maximum Gasteiger partial charge on any atom is 0.223 e. The molecule has 1 unspecified atom stereocenters. The number of amides is 1. The van der Waals surface area contributed by atoms with Crippen LogP contribution in [0.4, 0.5) is 0 Å². The fraction of sp³-hybridized carbons (Fsp3) is 0.923. The van der Waals surface area contributed by atoms with Crippen molar-refractivity contribution in [3.05, 3.63) is 0 Å². The zero-order valence-corrected chi connectivity index (χ0v) is 11.3. The summed E-state index contributed by atoms with van der Waals surface area (Å²) >= 11 is 0. The third-order valence-corrected chi connectivity index (χ3v) is 3.33. The Morgan fingerprint density at radius 3 is 2.47 bits per heavy atom. The maximum atomic E-state index is 11.8. The Hall–Kier alpha value is -0.610. The number of rotatable bonds is 5. The van der Waals surface area contributed by atoms with Gasteiger partial charge in [-0.3, -0.25) is 4.79 Å². The summed E-state index contributed by atoms with van der Waals surface area (Å²) in [5, 5.41) is 12.6. The molecule has 1 saturated heterocycles. The van der Waals surface area contributed by atoms with Gasteiger partial charge in [-0.25, -0.2) is 0 Å². The van der Waals surface area contributed by atoms with Gasteiger partial charge in [0, 0.05) is 18.5 Å². The third-order valence-electron chi connectivity index (χ3n) is 3.33. The minimum Gasteiger partial charge on any atom is -0.392 e. The summed E-state index contributed by atoms with van der Waals surface area (Å²) in [7, 11) is 0. The first-order valence-electron chi connectivity index (χ1n) is 6.73. The van der Waals surface area contributed by atoms with Crippen LogP contribution >= 0.6 is 0 Å². The second-order valence-electron chi connectivity index (χ2n) is 5.30. The summed E-state index contributed by atoms with van der Waals surface area (Å²) in [5.41, 5.74) is 0. The van der Waals surface area contributed by atoms with Crippen molar-refractivity contribution in [1.29, 1.82) is 0 Å². The molecule has 0 aliphatic carbocycles. The Kier molecular flexibility index (Phi) is 5.92. The first-order chi connectivity index (χ1) is 8.02. The zero-order valence-electron chi connectivity index (χ0n) is 11.3. The number of hydrogen-bond donors (Lipinski definition) is 2. The summed E-state index contributed by atoms with van der Waals surface area (Å²) < 4.78 is 0. The predicted molar refractivity (Wildman–Crippen MR) is 68.7 cm³/mol. The number of likely N-dealkylation sites (tertiary alicyclic amines) is 1. The lowest BCUT2D eigenvalue weighted by molar-refractivity contribution is -0.127. The molecule has 1 amide bonds. The van der Waals surface area contributed by atoms with Crippen molar-refractivity contribution >= 4 is 5.91 Å². The Morgan fingerprint density at radius 2 is 2.00 bits per heavy atom. The molecule has 1 atom stereocenters. The van der Waals surface area contributed by atoms with Gasteiger partial charge in [0.1, 0.15) is 0 Å². The average Bonchev–Trinajstić information content (AvgIpc) is 2.28. The lowest BCUT2D eigenvalue weighted by atomic mass is 9.95. The maximum absolute atomic E-state index is 11.8. The van der Waals surface area contributed by atoms with Gasteiger partial charge in [-0.2, -0.15) is 0 Å². The van der Waals surface area contributed by atoms with E-state index in [-0.39, 0.29) is 24.0 Å². The van der Waals surface area contributed by atoms with Crippen LogP contribution in [0, 0.1) is 5.92 Å². The molecule has 1 rings (SSSR count). The number of piperidine rings is 1. The number of aliphatic hydroxyl groups excluding tert-OH is 1.